The predicted octanol–water partition coefficient (Wildman–Crippen LogP) is 11.1. The summed E-state index contributed by atoms with van der Waals surface area (Å²) in [7, 11) is 0. The van der Waals surface area contributed by atoms with E-state index in [-0.39, 0.29) is 0 Å². The van der Waals surface area contributed by atoms with Crippen molar-refractivity contribution in [1.29, 1.82) is 0 Å². The Hall–Kier alpha value is -6.39. The molecule has 4 nitrogen and oxygen atoms in total. The highest BCUT2D eigenvalue weighted by molar-refractivity contribution is 5.94. The molecule has 6 aromatic carbocycles. The Balaban J connectivity index is 1.17. The van der Waals surface area contributed by atoms with Gasteiger partial charge < -0.3 is 4.74 Å². The fourth-order valence-corrected chi connectivity index (χ4v) is 8.22. The van der Waals surface area contributed by atoms with Gasteiger partial charge in [-0.3, -0.25) is 4.98 Å². The Morgan fingerprint density at radius 1 is 0.460 bits per heavy atom. The minimum atomic E-state index is -0.550. The normalized spacial score (nSPS) is 13.3. The van der Waals surface area contributed by atoms with Crippen molar-refractivity contribution in [1.82, 2.24) is 15.0 Å². The van der Waals surface area contributed by atoms with Crippen molar-refractivity contribution in [2.75, 3.05) is 0 Å². The molecule has 10 rings (SSSR count). The minimum absolute atomic E-state index is 0.550. The number of hydrogen-bond donors (Lipinski definition) is 0. The summed E-state index contributed by atoms with van der Waals surface area (Å²) in [5.41, 5.74) is 14.8. The maximum atomic E-state index is 6.67. The molecule has 0 saturated heterocycles. The number of benzene rings is 6. The van der Waals surface area contributed by atoms with Crippen LogP contribution in [0.15, 0.2) is 152 Å². The smallest absolute Gasteiger partial charge is 0.160 e. The van der Waals surface area contributed by atoms with Crippen LogP contribution in [-0.4, -0.2) is 15.0 Å². The number of aryl methyl sites for hydroxylation is 2. The number of ether oxygens (including phenoxy) is 1. The highest BCUT2D eigenvalue weighted by Gasteiger charge is 2.51. The summed E-state index contributed by atoms with van der Waals surface area (Å²) < 4.78 is 6.67. The molecule has 0 atom stereocenters. The number of rotatable bonds is 3. The summed E-state index contributed by atoms with van der Waals surface area (Å²) >= 11 is 0. The zero-order chi connectivity index (χ0) is 33.4. The van der Waals surface area contributed by atoms with E-state index in [0.29, 0.717) is 5.82 Å². The van der Waals surface area contributed by atoms with E-state index >= 15 is 0 Å². The quantitative estimate of drug-likeness (QED) is 0.193. The molecule has 2 aromatic heterocycles. The van der Waals surface area contributed by atoms with Crippen molar-refractivity contribution >= 4 is 10.9 Å². The van der Waals surface area contributed by atoms with Crippen molar-refractivity contribution in [3.63, 3.8) is 0 Å². The van der Waals surface area contributed by atoms with E-state index < -0.39 is 5.41 Å². The highest BCUT2D eigenvalue weighted by atomic mass is 16.5. The highest BCUT2D eigenvalue weighted by Crippen LogP contribution is 2.62. The monoisotopic (exact) mass is 641 g/mol. The maximum Gasteiger partial charge on any atom is 0.160 e. The van der Waals surface area contributed by atoms with Crippen molar-refractivity contribution in [2.24, 2.45) is 0 Å². The topological polar surface area (TPSA) is 47.9 Å². The van der Waals surface area contributed by atoms with Crippen LogP contribution in [0.5, 0.6) is 11.5 Å². The number of para-hydroxylation sites is 2. The number of fused-ring (bicyclic) bond motifs is 10. The Morgan fingerprint density at radius 3 is 1.84 bits per heavy atom. The largest absolute Gasteiger partial charge is 0.457 e. The molecule has 8 aromatic rings. The summed E-state index contributed by atoms with van der Waals surface area (Å²) in [5, 5.41) is 1.02. The van der Waals surface area contributed by atoms with Crippen molar-refractivity contribution in [3.8, 4) is 56.4 Å². The second kappa shape index (κ2) is 10.8. The summed E-state index contributed by atoms with van der Waals surface area (Å²) in [4.78, 5) is 15.1. The van der Waals surface area contributed by atoms with Gasteiger partial charge in [-0.2, -0.15) is 0 Å². The summed E-state index contributed by atoms with van der Waals surface area (Å²) in [6, 6.07) is 53.6. The Bertz CT molecular complexity index is 2610. The standard InChI is InChI=1S/C46H31N3O/c1-28-19-25-33(29(2)47-28)30-20-22-31(23-21-30)44-36-13-5-9-17-41(36)48-45(49-44)32-24-26-43-40(27-32)46(39-16-8-10-18-42(39)50-43)37-14-6-3-11-34(37)35-12-4-7-15-38(35)46/h3-27H,1-2H3. The minimum Gasteiger partial charge on any atom is -0.457 e. The lowest BCUT2D eigenvalue weighted by Gasteiger charge is -2.39. The van der Waals surface area contributed by atoms with Gasteiger partial charge in [0.1, 0.15) is 11.5 Å². The van der Waals surface area contributed by atoms with Gasteiger partial charge in [-0.1, -0.05) is 115 Å². The lowest BCUT2D eigenvalue weighted by atomic mass is 9.66. The Kier molecular flexibility index (Phi) is 6.19. The molecule has 1 aliphatic carbocycles. The third-order valence-electron chi connectivity index (χ3n) is 10.4. The zero-order valence-corrected chi connectivity index (χ0v) is 27.7. The molecule has 0 amide bonds. The van der Waals surface area contributed by atoms with Gasteiger partial charge in [-0.15, -0.1) is 0 Å². The molecule has 236 valence electrons. The van der Waals surface area contributed by atoms with Crippen LogP contribution >= 0.6 is 0 Å². The predicted molar refractivity (Wildman–Crippen MR) is 200 cm³/mol. The van der Waals surface area contributed by atoms with Crippen LogP contribution in [-0.2, 0) is 5.41 Å². The van der Waals surface area contributed by atoms with Crippen molar-refractivity contribution in [2.45, 2.75) is 19.3 Å². The molecular weight excluding hydrogens is 611 g/mol. The summed E-state index contributed by atoms with van der Waals surface area (Å²) in [6.45, 7) is 4.09. The van der Waals surface area contributed by atoms with Crippen LogP contribution in [0.3, 0.4) is 0 Å². The fraction of sp³-hybridized carbons (Fsp3) is 0.0652. The molecule has 0 unspecified atom stereocenters. The van der Waals surface area contributed by atoms with Gasteiger partial charge in [-0.05, 0) is 78.1 Å². The zero-order valence-electron chi connectivity index (χ0n) is 27.7. The van der Waals surface area contributed by atoms with E-state index in [4.69, 9.17) is 14.7 Å². The summed E-state index contributed by atoms with van der Waals surface area (Å²) in [6.07, 6.45) is 0. The summed E-state index contributed by atoms with van der Waals surface area (Å²) in [5.74, 6) is 2.40. The van der Waals surface area contributed by atoms with Crippen LogP contribution in [0, 0.1) is 13.8 Å². The van der Waals surface area contributed by atoms with Crippen LogP contribution in [0.1, 0.15) is 33.6 Å². The number of nitrogens with zero attached hydrogens (tertiary/aromatic N) is 3. The van der Waals surface area contributed by atoms with E-state index in [1.807, 2.05) is 13.0 Å². The molecule has 0 fully saturated rings. The maximum absolute atomic E-state index is 6.67. The van der Waals surface area contributed by atoms with E-state index in [1.165, 1.54) is 22.3 Å². The Labute approximate surface area is 290 Å². The second-order valence-corrected chi connectivity index (χ2v) is 13.2. The first-order chi connectivity index (χ1) is 24.6. The number of aromatic nitrogens is 3. The van der Waals surface area contributed by atoms with Gasteiger partial charge in [0.05, 0.1) is 16.6 Å². The molecule has 0 N–H and O–H groups in total. The molecule has 50 heavy (non-hydrogen) atoms. The van der Waals surface area contributed by atoms with Crippen LogP contribution < -0.4 is 4.74 Å². The molecule has 2 aliphatic rings. The van der Waals surface area contributed by atoms with Crippen molar-refractivity contribution < 1.29 is 4.74 Å². The SMILES string of the molecule is Cc1ccc(-c2ccc(-c3nc(-c4ccc5c(c4)C4(c6ccccc6O5)c5ccccc5-c5ccccc54)nc4ccccc34)cc2)c(C)n1. The van der Waals surface area contributed by atoms with Crippen molar-refractivity contribution in [3.05, 3.63) is 185 Å². The van der Waals surface area contributed by atoms with E-state index in [9.17, 15) is 0 Å². The lowest BCUT2D eigenvalue weighted by Crippen LogP contribution is -2.32. The second-order valence-electron chi connectivity index (χ2n) is 13.2. The first kappa shape index (κ1) is 28.6. The third-order valence-corrected chi connectivity index (χ3v) is 10.4. The molecule has 0 bridgehead atoms. The van der Waals surface area contributed by atoms with Gasteiger partial charge >= 0.3 is 0 Å². The fourth-order valence-electron chi connectivity index (χ4n) is 8.22. The average Bonchev–Trinajstić information content (AvgIpc) is 3.45. The Morgan fingerprint density at radius 2 is 1.08 bits per heavy atom. The van der Waals surface area contributed by atoms with Crippen LogP contribution in [0.25, 0.3) is 55.8 Å². The van der Waals surface area contributed by atoms with Gasteiger partial charge in [0.25, 0.3) is 0 Å². The molecule has 3 heterocycles. The van der Waals surface area contributed by atoms with Gasteiger partial charge in [0.2, 0.25) is 0 Å². The van der Waals surface area contributed by atoms with Crippen LogP contribution in [0.2, 0.25) is 0 Å². The van der Waals surface area contributed by atoms with E-state index in [0.717, 1.165) is 72.9 Å². The molecular formula is C46H31N3O. The number of hydrogen-bond acceptors (Lipinski definition) is 4. The molecule has 4 heteroatoms. The molecule has 1 aliphatic heterocycles. The number of pyridine rings is 1. The molecule has 0 radical (unpaired) electrons. The van der Waals surface area contributed by atoms with Gasteiger partial charge in [0, 0.05) is 44.6 Å². The van der Waals surface area contributed by atoms with E-state index in [2.05, 4.69) is 158 Å². The molecule has 1 spiro atoms. The van der Waals surface area contributed by atoms with Gasteiger partial charge in [0.15, 0.2) is 5.82 Å². The first-order valence-corrected chi connectivity index (χ1v) is 17.0. The average molecular weight is 642 g/mol. The molecule has 0 saturated carbocycles. The van der Waals surface area contributed by atoms with Gasteiger partial charge in [-0.25, -0.2) is 9.97 Å². The third kappa shape index (κ3) is 4.08. The lowest BCUT2D eigenvalue weighted by molar-refractivity contribution is 0.436. The van der Waals surface area contributed by atoms with Crippen LogP contribution in [0.4, 0.5) is 0 Å². The van der Waals surface area contributed by atoms with E-state index in [1.54, 1.807) is 0 Å². The first-order valence-electron chi connectivity index (χ1n) is 17.0.